The fraction of sp³-hybridized carbons (Fsp3) is 0.409. The third kappa shape index (κ3) is 5.83. The average Bonchev–Trinajstić information content (AvgIpc) is 2.61. The highest BCUT2D eigenvalue weighted by Gasteiger charge is 2.24. The van der Waals surface area contributed by atoms with Crippen LogP contribution in [0, 0.1) is 19.8 Å². The molecule has 1 N–H and O–H groups in total. The maximum atomic E-state index is 12.8. The van der Waals surface area contributed by atoms with Gasteiger partial charge in [0.1, 0.15) is 6.54 Å². The van der Waals surface area contributed by atoms with Crippen molar-refractivity contribution in [1.82, 2.24) is 5.32 Å². The van der Waals surface area contributed by atoms with E-state index in [4.69, 9.17) is 0 Å². The fourth-order valence-corrected chi connectivity index (χ4v) is 4.10. The maximum absolute atomic E-state index is 12.8. The van der Waals surface area contributed by atoms with E-state index in [1.54, 1.807) is 12.1 Å². The van der Waals surface area contributed by atoms with Gasteiger partial charge in [0.15, 0.2) is 0 Å². The first-order chi connectivity index (χ1) is 13.1. The topological polar surface area (TPSA) is 66.5 Å². The lowest BCUT2D eigenvalue weighted by Crippen LogP contribution is -2.42. The molecule has 0 radical (unpaired) electrons. The molecule has 0 aliphatic rings. The van der Waals surface area contributed by atoms with E-state index in [2.05, 4.69) is 19.2 Å². The molecule has 152 valence electrons. The number of amides is 1. The number of aryl methyl sites for hydroxylation is 1. The van der Waals surface area contributed by atoms with Gasteiger partial charge in [-0.05, 0) is 48.9 Å². The standard InChI is InChI=1S/C22H30N2O3S/c1-16(2)14-20(19-11-7-6-8-12-19)23-22(25)15-24(28(5,26)27)21-13-9-10-17(3)18(21)4/h6-13,16,20H,14-15H2,1-5H3,(H,23,25)/t20-/m1/s1. The van der Waals surface area contributed by atoms with Gasteiger partial charge in [0, 0.05) is 0 Å². The molecule has 1 amide bonds. The number of hydrogen-bond acceptors (Lipinski definition) is 3. The normalized spacial score (nSPS) is 12.6. The van der Waals surface area contributed by atoms with Crippen molar-refractivity contribution in [2.75, 3.05) is 17.1 Å². The van der Waals surface area contributed by atoms with E-state index < -0.39 is 10.0 Å². The molecular weight excluding hydrogens is 372 g/mol. The molecule has 0 bridgehead atoms. The van der Waals surface area contributed by atoms with E-state index >= 15 is 0 Å². The van der Waals surface area contributed by atoms with Gasteiger partial charge in [-0.1, -0.05) is 56.3 Å². The van der Waals surface area contributed by atoms with Gasteiger partial charge < -0.3 is 5.32 Å². The number of nitrogens with zero attached hydrogens (tertiary/aromatic N) is 1. The maximum Gasteiger partial charge on any atom is 0.241 e. The van der Waals surface area contributed by atoms with Crippen LogP contribution in [-0.4, -0.2) is 27.1 Å². The molecule has 5 nitrogen and oxygen atoms in total. The van der Waals surface area contributed by atoms with E-state index in [0.717, 1.165) is 29.4 Å². The Bertz CT molecular complexity index is 909. The molecule has 1 atom stereocenters. The summed E-state index contributed by atoms with van der Waals surface area (Å²) >= 11 is 0. The Balaban J connectivity index is 2.26. The summed E-state index contributed by atoms with van der Waals surface area (Å²) in [5.41, 5.74) is 3.39. The van der Waals surface area contributed by atoms with Crippen LogP contribution in [0.5, 0.6) is 0 Å². The first-order valence-corrected chi connectivity index (χ1v) is 11.3. The van der Waals surface area contributed by atoms with E-state index in [9.17, 15) is 13.2 Å². The molecule has 0 saturated heterocycles. The van der Waals surface area contributed by atoms with Crippen molar-refractivity contribution in [1.29, 1.82) is 0 Å². The highest BCUT2D eigenvalue weighted by Crippen LogP contribution is 2.25. The summed E-state index contributed by atoms with van der Waals surface area (Å²) in [6, 6.07) is 15.1. The highest BCUT2D eigenvalue weighted by atomic mass is 32.2. The second kappa shape index (κ2) is 9.24. The quantitative estimate of drug-likeness (QED) is 0.726. The van der Waals surface area contributed by atoms with Crippen LogP contribution in [-0.2, 0) is 14.8 Å². The van der Waals surface area contributed by atoms with Gasteiger partial charge in [0.2, 0.25) is 15.9 Å². The second-order valence-electron chi connectivity index (χ2n) is 7.65. The summed E-state index contributed by atoms with van der Waals surface area (Å²) in [7, 11) is -3.60. The fourth-order valence-electron chi connectivity index (χ4n) is 3.19. The molecule has 0 aromatic heterocycles. The van der Waals surface area contributed by atoms with Crippen molar-refractivity contribution in [3.05, 3.63) is 65.2 Å². The van der Waals surface area contributed by atoms with Gasteiger partial charge in [-0.25, -0.2) is 8.42 Å². The number of carbonyl (C=O) groups excluding carboxylic acids is 1. The Morgan fingerprint density at radius 2 is 1.68 bits per heavy atom. The molecule has 0 saturated carbocycles. The molecule has 2 aromatic carbocycles. The van der Waals surface area contributed by atoms with Crippen LogP contribution < -0.4 is 9.62 Å². The molecule has 2 rings (SSSR count). The van der Waals surface area contributed by atoms with E-state index in [1.807, 2.05) is 50.2 Å². The number of rotatable bonds is 8. The number of sulfonamides is 1. The van der Waals surface area contributed by atoms with Gasteiger partial charge in [-0.2, -0.15) is 0 Å². The number of nitrogens with one attached hydrogen (secondary N) is 1. The van der Waals surface area contributed by atoms with Crippen molar-refractivity contribution >= 4 is 21.6 Å². The second-order valence-corrected chi connectivity index (χ2v) is 9.56. The summed E-state index contributed by atoms with van der Waals surface area (Å²) < 4.78 is 26.0. The van der Waals surface area contributed by atoms with E-state index in [-0.39, 0.29) is 18.5 Å². The van der Waals surface area contributed by atoms with Crippen LogP contribution in [0.25, 0.3) is 0 Å². The Morgan fingerprint density at radius 1 is 1.04 bits per heavy atom. The monoisotopic (exact) mass is 402 g/mol. The lowest BCUT2D eigenvalue weighted by Gasteiger charge is -2.26. The SMILES string of the molecule is Cc1cccc(N(CC(=O)N[C@H](CC(C)C)c2ccccc2)S(C)(=O)=O)c1C. The van der Waals surface area contributed by atoms with Gasteiger partial charge in [-0.3, -0.25) is 9.10 Å². The molecule has 28 heavy (non-hydrogen) atoms. The van der Waals surface area contributed by atoms with Crippen molar-refractivity contribution in [3.63, 3.8) is 0 Å². The summed E-state index contributed by atoms with van der Waals surface area (Å²) in [4.78, 5) is 12.8. The van der Waals surface area contributed by atoms with Crippen molar-refractivity contribution in [2.45, 2.75) is 40.2 Å². The zero-order chi connectivity index (χ0) is 20.9. The van der Waals surface area contributed by atoms with Crippen LogP contribution in [0.3, 0.4) is 0 Å². The average molecular weight is 403 g/mol. The van der Waals surface area contributed by atoms with Gasteiger partial charge >= 0.3 is 0 Å². The number of carbonyl (C=O) groups is 1. The molecule has 0 heterocycles. The Kier molecular flexibility index (Phi) is 7.24. The van der Waals surface area contributed by atoms with Gasteiger partial charge in [-0.15, -0.1) is 0 Å². The predicted molar refractivity (Wildman–Crippen MR) is 115 cm³/mol. The summed E-state index contributed by atoms with van der Waals surface area (Å²) in [5.74, 6) is 0.0661. The lowest BCUT2D eigenvalue weighted by molar-refractivity contribution is -0.120. The number of hydrogen-bond donors (Lipinski definition) is 1. The first kappa shape index (κ1) is 22.0. The molecule has 0 aliphatic carbocycles. The summed E-state index contributed by atoms with van der Waals surface area (Å²) in [6.07, 6.45) is 1.91. The van der Waals surface area contributed by atoms with Crippen LogP contribution in [0.2, 0.25) is 0 Å². The predicted octanol–water partition coefficient (Wildman–Crippen LogP) is 3.97. The van der Waals surface area contributed by atoms with Gasteiger partial charge in [0.25, 0.3) is 0 Å². The molecule has 2 aromatic rings. The van der Waals surface area contributed by atoms with Crippen LogP contribution in [0.1, 0.15) is 43.0 Å². The molecule has 0 aliphatic heterocycles. The molecule has 6 heteroatoms. The smallest absolute Gasteiger partial charge is 0.241 e. The molecule has 0 fully saturated rings. The number of benzene rings is 2. The summed E-state index contributed by atoms with van der Waals surface area (Å²) in [5, 5.41) is 3.03. The highest BCUT2D eigenvalue weighted by molar-refractivity contribution is 7.92. The minimum Gasteiger partial charge on any atom is -0.348 e. The Morgan fingerprint density at radius 3 is 2.25 bits per heavy atom. The summed E-state index contributed by atoms with van der Waals surface area (Å²) in [6.45, 7) is 7.74. The Hall–Kier alpha value is -2.34. The largest absolute Gasteiger partial charge is 0.348 e. The van der Waals surface area contributed by atoms with Crippen molar-refractivity contribution in [2.24, 2.45) is 5.92 Å². The van der Waals surface area contributed by atoms with E-state index in [1.165, 1.54) is 4.31 Å². The Labute approximate surface area is 168 Å². The van der Waals surface area contributed by atoms with Crippen molar-refractivity contribution < 1.29 is 13.2 Å². The zero-order valence-electron chi connectivity index (χ0n) is 17.3. The molecular formula is C22H30N2O3S. The van der Waals surface area contributed by atoms with E-state index in [0.29, 0.717) is 11.6 Å². The zero-order valence-corrected chi connectivity index (χ0v) is 18.1. The first-order valence-electron chi connectivity index (χ1n) is 9.47. The minimum atomic E-state index is -3.60. The minimum absolute atomic E-state index is 0.159. The molecule has 0 spiro atoms. The third-order valence-corrected chi connectivity index (χ3v) is 5.90. The number of anilines is 1. The lowest BCUT2D eigenvalue weighted by atomic mass is 9.97. The van der Waals surface area contributed by atoms with Crippen molar-refractivity contribution in [3.8, 4) is 0 Å². The van der Waals surface area contributed by atoms with Gasteiger partial charge in [0.05, 0.1) is 18.0 Å². The molecule has 0 unspecified atom stereocenters. The van der Waals surface area contributed by atoms with Crippen LogP contribution in [0.15, 0.2) is 48.5 Å². The third-order valence-electron chi connectivity index (χ3n) is 4.78. The van der Waals surface area contributed by atoms with Crippen LogP contribution >= 0.6 is 0 Å². The van der Waals surface area contributed by atoms with Crippen LogP contribution in [0.4, 0.5) is 5.69 Å².